The van der Waals surface area contributed by atoms with E-state index in [0.717, 1.165) is 102 Å². The van der Waals surface area contributed by atoms with E-state index in [0.29, 0.717) is 51.8 Å². The number of carbonyl (C=O) groups excluding carboxylic acids is 3. The zero-order chi connectivity index (χ0) is 37.2. The Balaban J connectivity index is 1.32. The topological polar surface area (TPSA) is 107 Å². The molecule has 0 saturated heterocycles. The summed E-state index contributed by atoms with van der Waals surface area (Å²) in [5.41, 5.74) is 0. The lowest BCUT2D eigenvalue weighted by Gasteiger charge is -2.35. The molecular formula is C43H74O9. The molecule has 0 radical (unpaired) electrons. The van der Waals surface area contributed by atoms with Crippen molar-refractivity contribution < 1.29 is 42.8 Å². The first kappa shape index (κ1) is 44.4. The van der Waals surface area contributed by atoms with Crippen LogP contribution in [0.5, 0.6) is 0 Å². The molecule has 0 heterocycles. The Bertz CT molecular complexity index is 970. The summed E-state index contributed by atoms with van der Waals surface area (Å²) in [6.07, 6.45) is 25.1. The minimum atomic E-state index is -0.403. The van der Waals surface area contributed by atoms with Gasteiger partial charge in [-0.25, -0.2) is 4.79 Å². The molecule has 0 aromatic heterocycles. The Kier molecular flexibility index (Phi) is 23.6. The largest absolute Gasteiger partial charge is 0.465 e. The molecule has 0 spiro atoms. The SMILES string of the molecule is C=CC(=O)OCCCCCCOC1CCC(C(=O)OC2CCC(OCCCCCCOC3CCC(C)CC3)C(C(=O)OCCCCCCC)C2)CC1. The van der Waals surface area contributed by atoms with E-state index in [1.54, 1.807) is 0 Å². The van der Waals surface area contributed by atoms with Crippen molar-refractivity contribution in [2.75, 3.05) is 33.0 Å². The summed E-state index contributed by atoms with van der Waals surface area (Å²) in [5, 5.41) is 0. The van der Waals surface area contributed by atoms with Gasteiger partial charge >= 0.3 is 17.9 Å². The Morgan fingerprint density at radius 1 is 0.558 bits per heavy atom. The first-order chi connectivity index (χ1) is 25.4. The van der Waals surface area contributed by atoms with Crippen LogP contribution in [0.2, 0.25) is 0 Å². The maximum atomic E-state index is 13.3. The highest BCUT2D eigenvalue weighted by atomic mass is 16.6. The quantitative estimate of drug-likeness (QED) is 0.0353. The summed E-state index contributed by atoms with van der Waals surface area (Å²) in [4.78, 5) is 37.7. The van der Waals surface area contributed by atoms with Gasteiger partial charge in [0.05, 0.1) is 43.4 Å². The predicted octanol–water partition coefficient (Wildman–Crippen LogP) is 9.62. The Hall–Kier alpha value is -1.97. The fourth-order valence-electron chi connectivity index (χ4n) is 7.85. The molecule has 3 unspecified atom stereocenters. The number of carbonyl (C=O) groups is 3. The van der Waals surface area contributed by atoms with Gasteiger partial charge < -0.3 is 28.4 Å². The van der Waals surface area contributed by atoms with E-state index in [-0.39, 0.29) is 42.1 Å². The van der Waals surface area contributed by atoms with Crippen molar-refractivity contribution >= 4 is 17.9 Å². The van der Waals surface area contributed by atoms with E-state index < -0.39 is 5.92 Å². The first-order valence-electron chi connectivity index (χ1n) is 21.4. The molecule has 3 atom stereocenters. The second-order valence-corrected chi connectivity index (χ2v) is 15.8. The van der Waals surface area contributed by atoms with Crippen molar-refractivity contribution in [3.05, 3.63) is 12.7 Å². The van der Waals surface area contributed by atoms with Gasteiger partial charge in [0, 0.05) is 32.3 Å². The molecule has 0 aromatic rings. The summed E-state index contributed by atoms with van der Waals surface area (Å²) >= 11 is 0. The lowest BCUT2D eigenvalue weighted by Crippen LogP contribution is -2.42. The maximum absolute atomic E-state index is 13.3. The number of unbranched alkanes of at least 4 members (excludes halogenated alkanes) is 10. The maximum Gasteiger partial charge on any atom is 0.330 e. The number of hydrogen-bond acceptors (Lipinski definition) is 9. The molecule has 0 bridgehead atoms. The molecule has 52 heavy (non-hydrogen) atoms. The fourth-order valence-corrected chi connectivity index (χ4v) is 7.85. The highest BCUT2D eigenvalue weighted by molar-refractivity contribution is 5.81. The van der Waals surface area contributed by atoms with Gasteiger partial charge in [0.25, 0.3) is 0 Å². The van der Waals surface area contributed by atoms with Crippen LogP contribution in [0.1, 0.15) is 168 Å². The Labute approximate surface area is 316 Å². The van der Waals surface area contributed by atoms with Gasteiger partial charge in [0.15, 0.2) is 0 Å². The van der Waals surface area contributed by atoms with Crippen molar-refractivity contribution in [2.45, 2.75) is 192 Å². The van der Waals surface area contributed by atoms with Crippen molar-refractivity contribution in [1.82, 2.24) is 0 Å². The van der Waals surface area contributed by atoms with E-state index in [2.05, 4.69) is 20.4 Å². The normalized spacial score (nSPS) is 26.4. The molecule has 3 aliphatic rings. The Morgan fingerprint density at radius 2 is 1.06 bits per heavy atom. The van der Waals surface area contributed by atoms with Crippen molar-refractivity contribution in [2.24, 2.45) is 17.8 Å². The van der Waals surface area contributed by atoms with Gasteiger partial charge in [-0.3, -0.25) is 9.59 Å². The van der Waals surface area contributed by atoms with Crippen LogP contribution in [0.15, 0.2) is 12.7 Å². The molecule has 0 amide bonds. The van der Waals surface area contributed by atoms with Crippen molar-refractivity contribution in [3.8, 4) is 0 Å². The van der Waals surface area contributed by atoms with Gasteiger partial charge in [-0.1, -0.05) is 65.4 Å². The van der Waals surface area contributed by atoms with Crippen molar-refractivity contribution in [3.63, 3.8) is 0 Å². The van der Waals surface area contributed by atoms with Crippen LogP contribution in [0.25, 0.3) is 0 Å². The smallest absolute Gasteiger partial charge is 0.330 e. The second kappa shape index (κ2) is 27.6. The molecule has 300 valence electrons. The van der Waals surface area contributed by atoms with E-state index in [9.17, 15) is 14.4 Å². The third-order valence-corrected chi connectivity index (χ3v) is 11.3. The molecule has 9 heteroatoms. The third kappa shape index (κ3) is 18.9. The molecule has 3 fully saturated rings. The lowest BCUT2D eigenvalue weighted by molar-refractivity contribution is -0.170. The molecule has 3 rings (SSSR count). The Morgan fingerprint density at radius 3 is 1.63 bits per heavy atom. The standard InChI is InChI=1S/C43H74O9/c1-4-6-7-8-17-32-51-43(46)39-33-38(26-27-40(39)49-30-15-11-9-13-28-47-36-22-18-34(3)19-23-36)52-42(45)35-20-24-37(25-21-35)48-29-14-10-12-16-31-50-41(44)5-2/h5,34-40H,2,4,6-33H2,1,3H3. The van der Waals surface area contributed by atoms with Crippen LogP contribution in [-0.2, 0) is 42.8 Å². The number of esters is 3. The van der Waals surface area contributed by atoms with Crippen LogP contribution in [0.4, 0.5) is 0 Å². The zero-order valence-electron chi connectivity index (χ0n) is 33.0. The van der Waals surface area contributed by atoms with Crippen LogP contribution < -0.4 is 0 Å². The molecule has 3 aliphatic carbocycles. The average molecular weight is 735 g/mol. The first-order valence-corrected chi connectivity index (χ1v) is 21.4. The molecule has 0 N–H and O–H groups in total. The number of rotatable bonds is 27. The van der Waals surface area contributed by atoms with E-state index >= 15 is 0 Å². The highest BCUT2D eigenvalue weighted by Gasteiger charge is 2.39. The van der Waals surface area contributed by atoms with E-state index in [4.69, 9.17) is 28.4 Å². The van der Waals surface area contributed by atoms with Crippen molar-refractivity contribution in [1.29, 1.82) is 0 Å². The molecule has 0 aliphatic heterocycles. The zero-order valence-corrected chi connectivity index (χ0v) is 33.0. The van der Waals surface area contributed by atoms with Crippen LogP contribution in [-0.4, -0.2) is 75.4 Å². The van der Waals surface area contributed by atoms with Gasteiger partial charge in [0.1, 0.15) is 6.10 Å². The summed E-state index contributed by atoms with van der Waals surface area (Å²) < 4.78 is 35.4. The van der Waals surface area contributed by atoms with Crippen LogP contribution >= 0.6 is 0 Å². The lowest BCUT2D eigenvalue weighted by atomic mass is 9.84. The minimum Gasteiger partial charge on any atom is -0.465 e. The summed E-state index contributed by atoms with van der Waals surface area (Å²) in [5.74, 6) is -0.376. The molecule has 3 saturated carbocycles. The van der Waals surface area contributed by atoms with Crippen LogP contribution in [0, 0.1) is 17.8 Å². The van der Waals surface area contributed by atoms with Gasteiger partial charge in [0.2, 0.25) is 0 Å². The fraction of sp³-hybridized carbons (Fsp3) is 0.884. The number of ether oxygens (including phenoxy) is 6. The van der Waals surface area contributed by atoms with Gasteiger partial charge in [-0.05, 0) is 109 Å². The predicted molar refractivity (Wildman–Crippen MR) is 204 cm³/mol. The molecule has 0 aromatic carbocycles. The van der Waals surface area contributed by atoms with E-state index in [1.807, 2.05) is 0 Å². The third-order valence-electron chi connectivity index (χ3n) is 11.3. The van der Waals surface area contributed by atoms with Gasteiger partial charge in [-0.2, -0.15) is 0 Å². The molecule has 9 nitrogen and oxygen atoms in total. The number of hydrogen-bond donors (Lipinski definition) is 0. The second-order valence-electron chi connectivity index (χ2n) is 15.8. The monoisotopic (exact) mass is 735 g/mol. The summed E-state index contributed by atoms with van der Waals surface area (Å²) in [6.45, 7) is 11.0. The van der Waals surface area contributed by atoms with Gasteiger partial charge in [-0.15, -0.1) is 0 Å². The van der Waals surface area contributed by atoms with E-state index in [1.165, 1.54) is 51.0 Å². The minimum absolute atomic E-state index is 0.114. The highest BCUT2D eigenvalue weighted by Crippen LogP contribution is 2.33. The summed E-state index contributed by atoms with van der Waals surface area (Å²) in [7, 11) is 0. The molecular weight excluding hydrogens is 660 g/mol. The van der Waals surface area contributed by atoms with Crippen LogP contribution in [0.3, 0.4) is 0 Å². The summed E-state index contributed by atoms with van der Waals surface area (Å²) in [6, 6.07) is 0. The average Bonchev–Trinajstić information content (AvgIpc) is 3.16.